The van der Waals surface area contributed by atoms with E-state index in [0.29, 0.717) is 5.92 Å². The molecule has 1 aliphatic rings. The summed E-state index contributed by atoms with van der Waals surface area (Å²) in [4.78, 5) is 14.2. The van der Waals surface area contributed by atoms with Gasteiger partial charge in [0.25, 0.3) is 0 Å². The van der Waals surface area contributed by atoms with Crippen molar-refractivity contribution in [1.29, 1.82) is 0 Å². The van der Waals surface area contributed by atoms with Gasteiger partial charge in [0.05, 0.1) is 0 Å². The van der Waals surface area contributed by atoms with Crippen molar-refractivity contribution < 1.29 is 4.79 Å². The molecule has 1 heterocycles. The Labute approximate surface area is 116 Å². The van der Waals surface area contributed by atoms with E-state index in [1.54, 1.807) is 0 Å². The average molecular weight is 260 g/mol. The summed E-state index contributed by atoms with van der Waals surface area (Å²) in [6, 6.07) is 10.7. The molecular formula is C16H24N2O. The van der Waals surface area contributed by atoms with E-state index in [1.807, 2.05) is 19.9 Å². The molecule has 0 aromatic heterocycles. The van der Waals surface area contributed by atoms with Crippen LogP contribution in [0.2, 0.25) is 0 Å². The van der Waals surface area contributed by atoms with Crippen molar-refractivity contribution in [1.82, 2.24) is 5.32 Å². The van der Waals surface area contributed by atoms with Crippen LogP contribution in [0, 0.1) is 11.8 Å². The third-order valence-electron chi connectivity index (χ3n) is 3.65. The standard InChI is InChI=1S/C16H24N2O/c1-12(2)16(19)17-14-9-13(3)10-18(11-14)15-7-5-4-6-8-15/h4-8,12-14H,9-11H2,1-3H3,(H,17,19). The van der Waals surface area contributed by atoms with Crippen LogP contribution in [0.4, 0.5) is 5.69 Å². The van der Waals surface area contributed by atoms with Crippen molar-refractivity contribution in [2.75, 3.05) is 18.0 Å². The maximum Gasteiger partial charge on any atom is 0.222 e. The Morgan fingerprint density at radius 1 is 1.26 bits per heavy atom. The molecule has 1 aliphatic heterocycles. The average Bonchev–Trinajstić information content (AvgIpc) is 2.39. The topological polar surface area (TPSA) is 32.3 Å². The predicted octanol–water partition coefficient (Wildman–Crippen LogP) is 2.67. The Morgan fingerprint density at radius 3 is 2.58 bits per heavy atom. The lowest BCUT2D eigenvalue weighted by Crippen LogP contribution is -2.51. The van der Waals surface area contributed by atoms with Crippen molar-refractivity contribution >= 4 is 11.6 Å². The van der Waals surface area contributed by atoms with Gasteiger partial charge in [0.1, 0.15) is 0 Å². The van der Waals surface area contributed by atoms with E-state index in [4.69, 9.17) is 0 Å². The molecule has 0 aliphatic carbocycles. The minimum absolute atomic E-state index is 0.0578. The summed E-state index contributed by atoms with van der Waals surface area (Å²) in [6.45, 7) is 8.11. The van der Waals surface area contributed by atoms with Gasteiger partial charge in [0.2, 0.25) is 5.91 Å². The van der Waals surface area contributed by atoms with Crippen LogP contribution >= 0.6 is 0 Å². The second kappa shape index (κ2) is 6.09. The summed E-state index contributed by atoms with van der Waals surface area (Å²) in [5, 5.41) is 3.17. The molecule has 3 nitrogen and oxygen atoms in total. The highest BCUT2D eigenvalue weighted by Crippen LogP contribution is 2.23. The summed E-state index contributed by atoms with van der Waals surface area (Å²) >= 11 is 0. The van der Waals surface area contributed by atoms with Crippen LogP contribution in [0.5, 0.6) is 0 Å². The number of nitrogens with zero attached hydrogens (tertiary/aromatic N) is 1. The number of carbonyl (C=O) groups is 1. The number of nitrogens with one attached hydrogen (secondary N) is 1. The number of piperidine rings is 1. The molecule has 1 amide bonds. The van der Waals surface area contributed by atoms with Gasteiger partial charge < -0.3 is 10.2 Å². The van der Waals surface area contributed by atoms with Gasteiger partial charge in [-0.15, -0.1) is 0 Å². The highest BCUT2D eigenvalue weighted by molar-refractivity contribution is 5.78. The first-order valence-electron chi connectivity index (χ1n) is 7.16. The number of para-hydroxylation sites is 1. The largest absolute Gasteiger partial charge is 0.369 e. The molecule has 1 aromatic carbocycles. The van der Waals surface area contributed by atoms with Crippen LogP contribution in [0.15, 0.2) is 30.3 Å². The zero-order chi connectivity index (χ0) is 13.8. The van der Waals surface area contributed by atoms with Crippen LogP contribution in [-0.4, -0.2) is 25.0 Å². The van der Waals surface area contributed by atoms with Crippen molar-refractivity contribution in [2.45, 2.75) is 33.2 Å². The predicted molar refractivity (Wildman–Crippen MR) is 79.2 cm³/mol. The third-order valence-corrected chi connectivity index (χ3v) is 3.65. The Kier molecular flexibility index (Phi) is 4.46. The molecule has 2 rings (SSSR count). The van der Waals surface area contributed by atoms with Crippen molar-refractivity contribution in [3.05, 3.63) is 30.3 Å². The molecule has 1 saturated heterocycles. The molecule has 2 unspecified atom stereocenters. The molecule has 1 N–H and O–H groups in total. The fourth-order valence-electron chi connectivity index (χ4n) is 2.67. The number of amides is 1. The Morgan fingerprint density at radius 2 is 1.95 bits per heavy atom. The molecular weight excluding hydrogens is 236 g/mol. The molecule has 3 heteroatoms. The Balaban J connectivity index is 2.02. The second-order valence-corrected chi connectivity index (χ2v) is 5.94. The van der Waals surface area contributed by atoms with E-state index in [2.05, 4.69) is 41.4 Å². The molecule has 0 saturated carbocycles. The fraction of sp³-hybridized carbons (Fsp3) is 0.562. The van der Waals surface area contributed by atoms with Gasteiger partial charge in [0, 0.05) is 30.7 Å². The number of hydrogen-bond acceptors (Lipinski definition) is 2. The lowest BCUT2D eigenvalue weighted by Gasteiger charge is -2.38. The second-order valence-electron chi connectivity index (χ2n) is 5.94. The van der Waals surface area contributed by atoms with E-state index >= 15 is 0 Å². The molecule has 1 fully saturated rings. The highest BCUT2D eigenvalue weighted by atomic mass is 16.1. The fourth-order valence-corrected chi connectivity index (χ4v) is 2.67. The summed E-state index contributed by atoms with van der Waals surface area (Å²) in [5.41, 5.74) is 1.25. The lowest BCUT2D eigenvalue weighted by atomic mass is 9.95. The van der Waals surface area contributed by atoms with Crippen LogP contribution in [0.3, 0.4) is 0 Å². The Bertz CT molecular complexity index is 416. The molecule has 2 atom stereocenters. The molecule has 0 bridgehead atoms. The first kappa shape index (κ1) is 13.9. The van der Waals surface area contributed by atoms with Gasteiger partial charge in [-0.3, -0.25) is 4.79 Å². The molecule has 0 spiro atoms. The van der Waals surface area contributed by atoms with Crippen LogP contribution in [0.1, 0.15) is 27.2 Å². The maximum absolute atomic E-state index is 11.8. The molecule has 0 radical (unpaired) electrons. The van der Waals surface area contributed by atoms with Gasteiger partial charge in [-0.05, 0) is 24.5 Å². The highest BCUT2D eigenvalue weighted by Gasteiger charge is 2.26. The first-order valence-corrected chi connectivity index (χ1v) is 7.16. The van der Waals surface area contributed by atoms with Gasteiger partial charge in [0.15, 0.2) is 0 Å². The van der Waals surface area contributed by atoms with Gasteiger partial charge >= 0.3 is 0 Å². The van der Waals surface area contributed by atoms with Crippen LogP contribution in [-0.2, 0) is 4.79 Å². The van der Waals surface area contributed by atoms with Gasteiger partial charge in [-0.2, -0.15) is 0 Å². The van der Waals surface area contributed by atoms with E-state index < -0.39 is 0 Å². The van der Waals surface area contributed by atoms with Crippen molar-refractivity contribution in [3.63, 3.8) is 0 Å². The normalized spacial score (nSPS) is 23.5. The monoisotopic (exact) mass is 260 g/mol. The quantitative estimate of drug-likeness (QED) is 0.906. The van der Waals surface area contributed by atoms with E-state index in [0.717, 1.165) is 19.5 Å². The number of carbonyl (C=O) groups excluding carboxylic acids is 1. The zero-order valence-corrected chi connectivity index (χ0v) is 12.1. The van der Waals surface area contributed by atoms with Crippen LogP contribution in [0.25, 0.3) is 0 Å². The SMILES string of the molecule is CC1CC(NC(=O)C(C)C)CN(c2ccccc2)C1. The smallest absolute Gasteiger partial charge is 0.222 e. The lowest BCUT2D eigenvalue weighted by molar-refractivity contribution is -0.124. The number of anilines is 1. The van der Waals surface area contributed by atoms with Crippen molar-refractivity contribution in [2.24, 2.45) is 11.8 Å². The maximum atomic E-state index is 11.8. The van der Waals surface area contributed by atoms with Crippen molar-refractivity contribution in [3.8, 4) is 0 Å². The summed E-state index contributed by atoms with van der Waals surface area (Å²) < 4.78 is 0. The summed E-state index contributed by atoms with van der Waals surface area (Å²) in [6.07, 6.45) is 1.07. The van der Waals surface area contributed by atoms with Gasteiger partial charge in [-0.25, -0.2) is 0 Å². The summed E-state index contributed by atoms with van der Waals surface area (Å²) in [7, 11) is 0. The minimum atomic E-state index is 0.0578. The van der Waals surface area contributed by atoms with E-state index in [-0.39, 0.29) is 17.9 Å². The number of rotatable bonds is 3. The van der Waals surface area contributed by atoms with E-state index in [1.165, 1.54) is 5.69 Å². The number of benzene rings is 1. The number of hydrogen-bond donors (Lipinski definition) is 1. The Hall–Kier alpha value is -1.51. The third kappa shape index (κ3) is 3.72. The molecule has 1 aromatic rings. The van der Waals surface area contributed by atoms with E-state index in [9.17, 15) is 4.79 Å². The molecule has 19 heavy (non-hydrogen) atoms. The molecule has 104 valence electrons. The van der Waals surface area contributed by atoms with Crippen LogP contribution < -0.4 is 10.2 Å². The summed E-state index contributed by atoms with van der Waals surface area (Å²) in [5.74, 6) is 0.820. The first-order chi connectivity index (χ1) is 9.06. The minimum Gasteiger partial charge on any atom is -0.369 e. The zero-order valence-electron chi connectivity index (χ0n) is 12.1. The van der Waals surface area contributed by atoms with Gasteiger partial charge in [-0.1, -0.05) is 39.0 Å².